The third-order valence-electron chi connectivity index (χ3n) is 16.0. The van der Waals surface area contributed by atoms with E-state index in [4.69, 9.17) is 0 Å². The van der Waals surface area contributed by atoms with Gasteiger partial charge in [0, 0.05) is 43.4 Å². The van der Waals surface area contributed by atoms with Crippen LogP contribution in [0.25, 0.3) is 105 Å². The Bertz CT molecular complexity index is 3930. The van der Waals surface area contributed by atoms with Gasteiger partial charge in [0.25, 0.3) is 0 Å². The monoisotopic (exact) mass is 975 g/mol. The first kappa shape index (κ1) is 47.8. The number of hydrogen-bond donors (Lipinski definition) is 0. The van der Waals surface area contributed by atoms with Crippen molar-refractivity contribution >= 4 is 65.4 Å². The summed E-state index contributed by atoms with van der Waals surface area (Å²) in [5.41, 5.74) is 19.6. The fourth-order valence-electron chi connectivity index (χ4n) is 12.3. The van der Waals surface area contributed by atoms with E-state index in [0.717, 1.165) is 160 Å². The number of hydrogen-bond acceptors (Lipinski definition) is 1. The van der Waals surface area contributed by atoms with Gasteiger partial charge in [-0.1, -0.05) is 175 Å². The summed E-state index contributed by atoms with van der Waals surface area (Å²) in [5, 5.41) is 19.9. The molecule has 0 bridgehead atoms. The SMILES string of the molecule is CCCCc1ccc2c(c1)c1cc(CCCC)ccc1n2-c1c(C#N)c(-n2c3ccccc3c3ccccc32)c(-c2ccccc2)c(-n2c3ccc(CCCC)cc3c3cc(CCCC)ccc32)c1-c1ccccc1. The minimum Gasteiger partial charge on any atom is -0.308 e. The second-order valence-electron chi connectivity index (χ2n) is 20.9. The number of benzene rings is 9. The number of unbranched alkanes of at least 4 members (excludes halogenated alkanes) is 4. The molecule has 9 aromatic carbocycles. The normalized spacial score (nSPS) is 11.8. The van der Waals surface area contributed by atoms with Gasteiger partial charge in [0.15, 0.2) is 0 Å². The summed E-state index contributed by atoms with van der Waals surface area (Å²) < 4.78 is 7.49. The highest BCUT2D eigenvalue weighted by Gasteiger charge is 2.33. The molecule has 370 valence electrons. The van der Waals surface area contributed by atoms with Crippen LogP contribution < -0.4 is 0 Å². The van der Waals surface area contributed by atoms with E-state index >= 15 is 0 Å². The molecule has 0 unspecified atom stereocenters. The lowest BCUT2D eigenvalue weighted by Crippen LogP contribution is -2.13. The van der Waals surface area contributed by atoms with Crippen molar-refractivity contribution in [3.63, 3.8) is 0 Å². The predicted octanol–water partition coefficient (Wildman–Crippen LogP) is 19.6. The largest absolute Gasteiger partial charge is 0.308 e. The van der Waals surface area contributed by atoms with Gasteiger partial charge in [-0.25, -0.2) is 0 Å². The van der Waals surface area contributed by atoms with Crippen molar-refractivity contribution in [2.45, 2.75) is 105 Å². The molecule has 0 aliphatic rings. The quantitative estimate of drug-likeness (QED) is 0.0896. The van der Waals surface area contributed by atoms with E-state index in [9.17, 15) is 5.26 Å². The predicted molar refractivity (Wildman–Crippen MR) is 319 cm³/mol. The highest BCUT2D eigenvalue weighted by atomic mass is 15.1. The van der Waals surface area contributed by atoms with Crippen LogP contribution in [-0.2, 0) is 25.7 Å². The average molecular weight is 975 g/mol. The molecule has 0 amide bonds. The highest BCUT2D eigenvalue weighted by molar-refractivity contribution is 6.16. The van der Waals surface area contributed by atoms with E-state index in [2.05, 4.69) is 229 Å². The van der Waals surface area contributed by atoms with Gasteiger partial charge >= 0.3 is 0 Å². The number of para-hydroxylation sites is 2. The smallest absolute Gasteiger partial charge is 0.104 e. The maximum Gasteiger partial charge on any atom is 0.104 e. The number of rotatable bonds is 17. The summed E-state index contributed by atoms with van der Waals surface area (Å²) in [4.78, 5) is 0. The second-order valence-corrected chi connectivity index (χ2v) is 20.9. The Morgan fingerprint density at radius 3 is 0.933 bits per heavy atom. The summed E-state index contributed by atoms with van der Waals surface area (Å²) in [7, 11) is 0. The maximum absolute atomic E-state index is 12.6. The Morgan fingerprint density at radius 2 is 0.613 bits per heavy atom. The molecule has 0 aliphatic heterocycles. The Labute approximate surface area is 442 Å². The fraction of sp³-hybridized carbons (Fsp3) is 0.225. The first-order valence-electron chi connectivity index (χ1n) is 27.9. The van der Waals surface area contributed by atoms with E-state index in [0.29, 0.717) is 5.56 Å². The summed E-state index contributed by atoms with van der Waals surface area (Å²) in [5.74, 6) is 0. The van der Waals surface area contributed by atoms with Gasteiger partial charge in [-0.3, -0.25) is 0 Å². The van der Waals surface area contributed by atoms with E-state index in [1.54, 1.807) is 0 Å². The topological polar surface area (TPSA) is 38.6 Å². The van der Waals surface area contributed by atoms with Crippen LogP contribution in [0.3, 0.4) is 0 Å². The van der Waals surface area contributed by atoms with Crippen LogP contribution in [0.2, 0.25) is 0 Å². The first-order valence-corrected chi connectivity index (χ1v) is 27.9. The Morgan fingerprint density at radius 1 is 0.320 bits per heavy atom. The number of nitriles is 1. The highest BCUT2D eigenvalue weighted by Crippen LogP contribution is 2.52. The molecule has 0 saturated carbocycles. The van der Waals surface area contributed by atoms with Gasteiger partial charge in [0.05, 0.1) is 50.2 Å². The van der Waals surface area contributed by atoms with Crippen molar-refractivity contribution in [3.8, 4) is 45.4 Å². The van der Waals surface area contributed by atoms with Crippen molar-refractivity contribution in [2.24, 2.45) is 0 Å². The van der Waals surface area contributed by atoms with Crippen LogP contribution in [0, 0.1) is 11.3 Å². The molecular formula is C71H66N4. The fourth-order valence-corrected chi connectivity index (χ4v) is 12.3. The zero-order chi connectivity index (χ0) is 51.0. The molecule has 0 N–H and O–H groups in total. The minimum absolute atomic E-state index is 0.622. The standard InChI is InChI=1S/C71H66N4/c1-5-9-23-48-35-39-63-56(43-48)57-44-49(24-10-6-2)36-40-64(57)74(63)70-60(47-72)69(73-61-33-21-19-31-54(61)55-32-20-22-34-62(55)73)67(52-27-15-13-16-28-52)71(68(70)53-29-17-14-18-30-53)75-65-41-37-50(25-11-7-3)45-58(65)59-46-51(26-12-8-4)38-42-66(59)75/h13-22,27-46H,5-12,23-26H2,1-4H3. The Balaban J connectivity index is 1.36. The minimum atomic E-state index is 0.622. The zero-order valence-corrected chi connectivity index (χ0v) is 44.1. The first-order chi connectivity index (χ1) is 37.0. The van der Waals surface area contributed by atoms with Crippen molar-refractivity contribution in [2.75, 3.05) is 0 Å². The zero-order valence-electron chi connectivity index (χ0n) is 44.1. The van der Waals surface area contributed by atoms with E-state index in [-0.39, 0.29) is 0 Å². The number of fused-ring (bicyclic) bond motifs is 9. The third kappa shape index (κ3) is 8.31. The molecule has 3 aromatic heterocycles. The molecular weight excluding hydrogens is 909 g/mol. The number of aromatic nitrogens is 3. The average Bonchev–Trinajstić information content (AvgIpc) is 4.12. The van der Waals surface area contributed by atoms with Crippen LogP contribution >= 0.6 is 0 Å². The van der Waals surface area contributed by atoms with Crippen LogP contribution in [-0.4, -0.2) is 13.7 Å². The lowest BCUT2D eigenvalue weighted by atomic mass is 9.88. The third-order valence-corrected chi connectivity index (χ3v) is 16.0. The number of nitrogens with zero attached hydrogens (tertiary/aromatic N) is 4. The van der Waals surface area contributed by atoms with Crippen LogP contribution in [0.4, 0.5) is 0 Å². The molecule has 0 spiro atoms. The Kier molecular flexibility index (Phi) is 13.2. The van der Waals surface area contributed by atoms with Crippen LogP contribution in [0.1, 0.15) is 107 Å². The summed E-state index contributed by atoms with van der Waals surface area (Å²) in [6, 6.07) is 71.2. The van der Waals surface area contributed by atoms with E-state index in [1.165, 1.54) is 43.8 Å². The van der Waals surface area contributed by atoms with Gasteiger partial charge in [-0.2, -0.15) is 5.26 Å². The Hall–Kier alpha value is -8.13. The lowest BCUT2D eigenvalue weighted by molar-refractivity contribution is 0.795. The summed E-state index contributed by atoms with van der Waals surface area (Å²) >= 11 is 0. The van der Waals surface area contributed by atoms with Crippen molar-refractivity contribution in [1.29, 1.82) is 5.26 Å². The van der Waals surface area contributed by atoms with Gasteiger partial charge in [-0.05, 0) is 145 Å². The van der Waals surface area contributed by atoms with Crippen molar-refractivity contribution in [3.05, 3.63) is 210 Å². The van der Waals surface area contributed by atoms with Gasteiger partial charge in [0.2, 0.25) is 0 Å². The second kappa shape index (κ2) is 20.6. The molecule has 0 saturated heterocycles. The molecule has 75 heavy (non-hydrogen) atoms. The molecule has 0 fully saturated rings. The van der Waals surface area contributed by atoms with Gasteiger partial charge < -0.3 is 13.7 Å². The molecule has 0 radical (unpaired) electrons. The van der Waals surface area contributed by atoms with Gasteiger partial charge in [0.1, 0.15) is 11.6 Å². The van der Waals surface area contributed by atoms with Gasteiger partial charge in [-0.15, -0.1) is 0 Å². The maximum atomic E-state index is 12.6. The molecule has 0 atom stereocenters. The van der Waals surface area contributed by atoms with E-state index in [1.807, 2.05) is 0 Å². The molecule has 4 nitrogen and oxygen atoms in total. The van der Waals surface area contributed by atoms with Crippen molar-refractivity contribution in [1.82, 2.24) is 13.7 Å². The molecule has 12 aromatic rings. The van der Waals surface area contributed by atoms with Crippen molar-refractivity contribution < 1.29 is 0 Å². The summed E-state index contributed by atoms with van der Waals surface area (Å²) in [6.07, 6.45) is 13.2. The number of aryl methyl sites for hydroxylation is 4. The van der Waals surface area contributed by atoms with E-state index < -0.39 is 0 Å². The lowest BCUT2D eigenvalue weighted by Gasteiger charge is -2.28. The van der Waals surface area contributed by atoms with Crippen LogP contribution in [0.5, 0.6) is 0 Å². The molecule has 4 heteroatoms. The molecule has 0 aliphatic carbocycles. The van der Waals surface area contributed by atoms with Crippen LogP contribution in [0.15, 0.2) is 182 Å². The summed E-state index contributed by atoms with van der Waals surface area (Å²) in [6.45, 7) is 9.12. The molecule has 12 rings (SSSR count). The molecule has 3 heterocycles.